The number of nitrogens with two attached hydrogens (primary N) is 1. The van der Waals surface area contributed by atoms with Crippen molar-refractivity contribution in [2.24, 2.45) is 5.73 Å². The van der Waals surface area contributed by atoms with Gasteiger partial charge in [-0.25, -0.2) is 4.79 Å². The van der Waals surface area contributed by atoms with Crippen molar-refractivity contribution in [1.82, 2.24) is 0 Å². The first-order valence-electron chi connectivity index (χ1n) is 11.5. The minimum absolute atomic E-state index is 0.480. The monoisotopic (exact) mass is 403 g/mol. The highest BCUT2D eigenvalue weighted by Crippen LogP contribution is 2.13. The zero-order chi connectivity index (χ0) is 20.6. The highest BCUT2D eigenvalue weighted by molar-refractivity contribution is 6.48. The van der Waals surface area contributed by atoms with Gasteiger partial charge in [-0.05, 0) is 19.5 Å². The molecule has 27 heavy (non-hydrogen) atoms. The van der Waals surface area contributed by atoms with Crippen molar-refractivity contribution in [1.29, 1.82) is 0 Å². The van der Waals surface area contributed by atoms with Gasteiger partial charge in [0.2, 0.25) is 0 Å². The minimum atomic E-state index is -0.652. The van der Waals surface area contributed by atoms with Crippen molar-refractivity contribution in [3.63, 3.8) is 0 Å². The third kappa shape index (κ3) is 33.5. The van der Waals surface area contributed by atoms with E-state index in [-0.39, 0.29) is 0 Å². The largest absolute Gasteiger partial charge is 0.450 e. The Bertz CT molecular complexity index is 289. The standard InChI is InChI=1S/C19H39NO2.C3H10OSi/c1-2-3-4-5-6-7-8-9-10-11-12-13-14-15-16-17-18-22-19(20)21;1-4-5(2)3/h2-18H2,1H3,(H2,20,21);5H,1-3H3. The molecule has 0 saturated heterocycles. The normalized spacial score (nSPS) is 10.6. The average molecular weight is 404 g/mol. The van der Waals surface area contributed by atoms with Gasteiger partial charge in [0.05, 0.1) is 6.61 Å². The second-order valence-corrected chi connectivity index (χ2v) is 10.3. The van der Waals surface area contributed by atoms with E-state index in [1.807, 2.05) is 0 Å². The highest BCUT2D eigenvalue weighted by atomic mass is 28.3. The Labute approximate surface area is 171 Å². The van der Waals surface area contributed by atoms with Gasteiger partial charge in [-0.2, -0.15) is 0 Å². The van der Waals surface area contributed by atoms with Crippen LogP contribution in [-0.2, 0) is 9.16 Å². The molecule has 0 aromatic heterocycles. The number of hydrogen-bond donors (Lipinski definition) is 1. The van der Waals surface area contributed by atoms with Gasteiger partial charge >= 0.3 is 6.09 Å². The van der Waals surface area contributed by atoms with Gasteiger partial charge in [-0.1, -0.05) is 103 Å². The molecule has 0 aromatic carbocycles. The summed E-state index contributed by atoms with van der Waals surface area (Å²) in [5.41, 5.74) is 4.90. The number of primary amides is 1. The van der Waals surface area contributed by atoms with Gasteiger partial charge in [0.1, 0.15) is 0 Å². The van der Waals surface area contributed by atoms with Gasteiger partial charge in [0.15, 0.2) is 9.04 Å². The summed E-state index contributed by atoms with van der Waals surface area (Å²) in [6.07, 6.45) is 21.0. The Balaban J connectivity index is 0. The van der Waals surface area contributed by atoms with Crippen LogP contribution in [0.2, 0.25) is 13.1 Å². The maximum Gasteiger partial charge on any atom is 0.404 e. The lowest BCUT2D eigenvalue weighted by Crippen LogP contribution is -2.13. The van der Waals surface area contributed by atoms with E-state index in [1.54, 1.807) is 7.11 Å². The summed E-state index contributed by atoms with van der Waals surface area (Å²) in [5, 5.41) is 0. The first-order valence-corrected chi connectivity index (χ1v) is 14.3. The Morgan fingerprint density at radius 1 is 0.704 bits per heavy atom. The van der Waals surface area contributed by atoms with Crippen LogP contribution in [0.5, 0.6) is 0 Å². The molecule has 0 rings (SSSR count). The molecule has 5 heteroatoms. The number of hydrogen-bond acceptors (Lipinski definition) is 3. The summed E-state index contributed by atoms with van der Waals surface area (Å²) < 4.78 is 9.59. The van der Waals surface area contributed by atoms with Crippen LogP contribution in [0.25, 0.3) is 0 Å². The van der Waals surface area contributed by atoms with Gasteiger partial charge in [0, 0.05) is 7.11 Å². The van der Waals surface area contributed by atoms with Gasteiger partial charge in [-0.15, -0.1) is 0 Å². The molecule has 164 valence electrons. The fourth-order valence-electron chi connectivity index (χ4n) is 2.82. The van der Waals surface area contributed by atoms with Gasteiger partial charge < -0.3 is 14.9 Å². The van der Waals surface area contributed by atoms with Crippen molar-refractivity contribution in [3.8, 4) is 0 Å². The van der Waals surface area contributed by atoms with Crippen molar-refractivity contribution in [2.75, 3.05) is 13.7 Å². The second kappa shape index (κ2) is 25.4. The SMILES string of the molecule is CCCCCCCCCCCCCCCCCCOC(N)=O.CO[SiH](C)C. The van der Waals surface area contributed by atoms with Crippen molar-refractivity contribution in [2.45, 2.75) is 123 Å². The molecule has 0 fully saturated rings. The van der Waals surface area contributed by atoms with Gasteiger partial charge in [0.25, 0.3) is 0 Å². The molecule has 0 spiro atoms. The molecule has 0 bridgehead atoms. The Morgan fingerprint density at radius 3 is 1.26 bits per heavy atom. The minimum Gasteiger partial charge on any atom is -0.450 e. The van der Waals surface area contributed by atoms with Gasteiger partial charge in [-0.3, -0.25) is 0 Å². The molecule has 0 atom stereocenters. The molecule has 0 aliphatic rings. The van der Waals surface area contributed by atoms with E-state index < -0.39 is 15.1 Å². The van der Waals surface area contributed by atoms with E-state index in [1.165, 1.54) is 89.9 Å². The summed E-state index contributed by atoms with van der Waals surface area (Å²) in [6, 6.07) is 0. The van der Waals surface area contributed by atoms with E-state index in [9.17, 15) is 4.79 Å². The number of carbonyl (C=O) groups excluding carboxylic acids is 1. The molecule has 0 saturated carbocycles. The predicted octanol–water partition coefficient (Wildman–Crippen LogP) is 6.96. The van der Waals surface area contributed by atoms with Crippen LogP contribution in [0.15, 0.2) is 0 Å². The van der Waals surface area contributed by atoms with Crippen LogP contribution in [0, 0.1) is 0 Å². The fourth-order valence-corrected chi connectivity index (χ4v) is 2.82. The van der Waals surface area contributed by atoms with Crippen molar-refractivity contribution >= 4 is 15.1 Å². The Kier molecular flexibility index (Phi) is 27.0. The second-order valence-electron chi connectivity index (χ2n) is 7.76. The maximum absolute atomic E-state index is 10.4. The number of unbranched alkanes of at least 4 members (excludes halogenated alkanes) is 15. The number of carbonyl (C=O) groups is 1. The number of amides is 1. The molecule has 4 nitrogen and oxygen atoms in total. The smallest absolute Gasteiger partial charge is 0.404 e. The lowest BCUT2D eigenvalue weighted by molar-refractivity contribution is 0.154. The Morgan fingerprint density at radius 2 is 1.00 bits per heavy atom. The average Bonchev–Trinajstić information content (AvgIpc) is 2.64. The topological polar surface area (TPSA) is 61.5 Å². The first-order chi connectivity index (χ1) is 13.0. The molecular formula is C22H49NO3Si. The lowest BCUT2D eigenvalue weighted by atomic mass is 10.0. The fraction of sp³-hybridized carbons (Fsp3) is 0.955. The third-order valence-corrected chi connectivity index (χ3v) is 5.66. The molecule has 0 unspecified atom stereocenters. The highest BCUT2D eigenvalue weighted by Gasteiger charge is 1.96. The molecule has 0 aliphatic carbocycles. The van der Waals surface area contributed by atoms with Crippen LogP contribution in [-0.4, -0.2) is 28.9 Å². The lowest BCUT2D eigenvalue weighted by Gasteiger charge is -2.04. The van der Waals surface area contributed by atoms with E-state index in [0.717, 1.165) is 12.8 Å². The quantitative estimate of drug-likeness (QED) is 0.199. The van der Waals surface area contributed by atoms with Crippen LogP contribution in [0.3, 0.4) is 0 Å². The van der Waals surface area contributed by atoms with E-state index in [2.05, 4.69) is 20.0 Å². The summed E-state index contributed by atoms with van der Waals surface area (Å²) in [4.78, 5) is 10.4. The molecule has 0 radical (unpaired) electrons. The molecular weight excluding hydrogens is 354 g/mol. The zero-order valence-electron chi connectivity index (χ0n) is 18.9. The first kappa shape index (κ1) is 28.7. The Hall–Kier alpha value is -0.553. The summed E-state index contributed by atoms with van der Waals surface area (Å²) in [7, 11) is 1.11. The zero-order valence-corrected chi connectivity index (χ0v) is 20.1. The number of ether oxygens (including phenoxy) is 1. The van der Waals surface area contributed by atoms with E-state index in [4.69, 9.17) is 14.9 Å². The molecule has 0 heterocycles. The third-order valence-electron chi connectivity index (χ3n) is 4.71. The summed E-state index contributed by atoms with van der Waals surface area (Å²) in [5.74, 6) is 0. The molecule has 2 N–H and O–H groups in total. The van der Waals surface area contributed by atoms with Crippen LogP contribution >= 0.6 is 0 Å². The summed E-state index contributed by atoms with van der Waals surface area (Å²) in [6.45, 7) is 7.03. The van der Waals surface area contributed by atoms with Crippen molar-refractivity contribution in [3.05, 3.63) is 0 Å². The molecule has 1 amide bonds. The molecule has 0 aliphatic heterocycles. The van der Waals surface area contributed by atoms with E-state index >= 15 is 0 Å². The number of rotatable bonds is 18. The van der Waals surface area contributed by atoms with Crippen LogP contribution < -0.4 is 5.73 Å². The van der Waals surface area contributed by atoms with Crippen molar-refractivity contribution < 1.29 is 14.0 Å². The predicted molar refractivity (Wildman–Crippen MR) is 121 cm³/mol. The molecule has 0 aromatic rings. The van der Waals surface area contributed by atoms with Crippen LogP contribution in [0.1, 0.15) is 110 Å². The maximum atomic E-state index is 10.4. The summed E-state index contributed by atoms with van der Waals surface area (Å²) >= 11 is 0. The van der Waals surface area contributed by atoms with E-state index in [0.29, 0.717) is 6.61 Å². The van der Waals surface area contributed by atoms with Crippen LogP contribution in [0.4, 0.5) is 4.79 Å².